The van der Waals surface area contributed by atoms with Gasteiger partial charge in [0.1, 0.15) is 11.3 Å². The molecule has 8 heteroatoms. The van der Waals surface area contributed by atoms with E-state index in [1.165, 1.54) is 11.3 Å². The van der Waals surface area contributed by atoms with Crippen LogP contribution in [0.4, 0.5) is 10.8 Å². The zero-order valence-corrected chi connectivity index (χ0v) is 20.4. The van der Waals surface area contributed by atoms with Crippen LogP contribution in [0.3, 0.4) is 0 Å². The Morgan fingerprint density at radius 3 is 2.35 bits per heavy atom. The summed E-state index contributed by atoms with van der Waals surface area (Å²) in [5.74, 6) is 0.726. The molecular formula is C23H31ClN4O2S. The van der Waals surface area contributed by atoms with Crippen molar-refractivity contribution in [2.45, 2.75) is 13.3 Å². The van der Waals surface area contributed by atoms with Crippen LogP contribution in [-0.2, 0) is 0 Å². The molecule has 1 aromatic heterocycles. The first kappa shape index (κ1) is 24.9. The maximum Gasteiger partial charge on any atom is 0.260 e. The van der Waals surface area contributed by atoms with Crippen LogP contribution in [0.1, 0.15) is 23.7 Å². The van der Waals surface area contributed by atoms with Crippen molar-refractivity contribution in [2.24, 2.45) is 0 Å². The Bertz CT molecular complexity index is 989. The van der Waals surface area contributed by atoms with Crippen LogP contribution in [0, 0.1) is 0 Å². The van der Waals surface area contributed by atoms with Gasteiger partial charge in [-0.2, -0.15) is 0 Å². The first-order valence-corrected chi connectivity index (χ1v) is 11.0. The number of fused-ring (bicyclic) bond motifs is 1. The summed E-state index contributed by atoms with van der Waals surface area (Å²) in [7, 11) is 8.05. The molecule has 0 atom stereocenters. The van der Waals surface area contributed by atoms with Gasteiger partial charge in [-0.05, 0) is 70.4 Å². The minimum atomic E-state index is -0.0314. The van der Waals surface area contributed by atoms with Crippen LogP contribution in [0.2, 0.25) is 0 Å². The quantitative estimate of drug-likeness (QED) is 0.458. The average Bonchev–Trinajstić information content (AvgIpc) is 3.16. The second-order valence-electron chi connectivity index (χ2n) is 7.59. The number of halogens is 1. The predicted octanol–water partition coefficient (Wildman–Crippen LogP) is 4.78. The van der Waals surface area contributed by atoms with Crippen LogP contribution in [-0.4, -0.2) is 63.7 Å². The zero-order chi connectivity index (χ0) is 21.7. The number of thiazole rings is 1. The first-order chi connectivity index (χ1) is 14.4. The summed E-state index contributed by atoms with van der Waals surface area (Å²) in [6.45, 7) is 4.05. The van der Waals surface area contributed by atoms with Crippen LogP contribution < -0.4 is 14.5 Å². The molecule has 0 aliphatic heterocycles. The lowest BCUT2D eigenvalue weighted by molar-refractivity contribution is 0.0986. The summed E-state index contributed by atoms with van der Waals surface area (Å²) < 4.78 is 6.75. The van der Waals surface area contributed by atoms with Crippen molar-refractivity contribution in [2.75, 3.05) is 57.7 Å². The SMILES string of the molecule is CCOc1cccc2sc(N(CCCN(C)C)C(=O)c3ccc(N(C)C)cc3)nc12.Cl. The summed E-state index contributed by atoms with van der Waals surface area (Å²) in [6.07, 6.45) is 0.864. The normalized spacial score (nSPS) is 10.8. The van der Waals surface area contributed by atoms with Crippen LogP contribution in [0.25, 0.3) is 10.2 Å². The van der Waals surface area contributed by atoms with E-state index in [0.717, 1.165) is 34.6 Å². The Kier molecular flexibility index (Phi) is 9.10. The molecule has 0 radical (unpaired) electrons. The molecule has 1 amide bonds. The molecule has 0 N–H and O–H groups in total. The van der Waals surface area contributed by atoms with Gasteiger partial charge in [0, 0.05) is 31.9 Å². The third-order valence-corrected chi connectivity index (χ3v) is 5.81. The Balaban J connectivity index is 0.00000341. The maximum absolute atomic E-state index is 13.4. The van der Waals surface area contributed by atoms with Crippen molar-refractivity contribution in [1.82, 2.24) is 9.88 Å². The smallest absolute Gasteiger partial charge is 0.260 e. The van der Waals surface area contributed by atoms with Crippen LogP contribution in [0.15, 0.2) is 42.5 Å². The second kappa shape index (κ2) is 11.3. The van der Waals surface area contributed by atoms with Gasteiger partial charge in [-0.15, -0.1) is 12.4 Å². The molecule has 31 heavy (non-hydrogen) atoms. The van der Waals surface area contributed by atoms with Gasteiger partial charge in [0.15, 0.2) is 5.13 Å². The number of carbonyl (C=O) groups is 1. The van der Waals surface area contributed by atoms with E-state index in [-0.39, 0.29) is 18.3 Å². The largest absolute Gasteiger partial charge is 0.492 e. The fourth-order valence-electron chi connectivity index (χ4n) is 3.19. The number of ether oxygens (including phenoxy) is 1. The van der Waals surface area contributed by atoms with Crippen molar-refractivity contribution in [3.8, 4) is 5.75 Å². The molecule has 2 aromatic carbocycles. The molecule has 3 rings (SSSR count). The van der Waals surface area contributed by atoms with E-state index in [1.54, 1.807) is 4.90 Å². The molecule has 0 saturated carbocycles. The lowest BCUT2D eigenvalue weighted by atomic mass is 10.1. The highest BCUT2D eigenvalue weighted by atomic mass is 35.5. The standard InChI is InChI=1S/C23H30N4O2S.ClH/c1-6-29-19-9-7-10-20-21(19)24-23(30-20)27(16-8-15-25(2)3)22(28)17-11-13-18(14-12-17)26(4)5;/h7,9-14H,6,8,15-16H2,1-5H3;1H. The van der Waals surface area contributed by atoms with E-state index >= 15 is 0 Å². The zero-order valence-electron chi connectivity index (χ0n) is 18.8. The molecule has 168 valence electrons. The Morgan fingerprint density at radius 1 is 1.03 bits per heavy atom. The number of rotatable bonds is 9. The van der Waals surface area contributed by atoms with Crippen molar-refractivity contribution in [1.29, 1.82) is 0 Å². The minimum Gasteiger partial charge on any atom is -0.492 e. The van der Waals surface area contributed by atoms with Gasteiger partial charge in [-0.3, -0.25) is 9.69 Å². The average molecular weight is 463 g/mol. The minimum absolute atomic E-state index is 0. The molecule has 0 spiro atoms. The molecule has 0 fully saturated rings. The fourth-order valence-corrected chi connectivity index (χ4v) is 4.19. The van der Waals surface area contributed by atoms with Gasteiger partial charge in [0.05, 0.1) is 11.3 Å². The molecule has 0 unspecified atom stereocenters. The fraction of sp³-hybridized carbons (Fsp3) is 0.391. The third-order valence-electron chi connectivity index (χ3n) is 4.76. The summed E-state index contributed by atoms with van der Waals surface area (Å²) in [4.78, 5) is 24.2. The number of para-hydroxylation sites is 1. The van der Waals surface area contributed by atoms with E-state index in [0.29, 0.717) is 23.8 Å². The van der Waals surface area contributed by atoms with Gasteiger partial charge in [-0.1, -0.05) is 17.4 Å². The number of anilines is 2. The second-order valence-corrected chi connectivity index (χ2v) is 8.60. The Morgan fingerprint density at radius 2 is 1.74 bits per heavy atom. The molecular weight excluding hydrogens is 432 g/mol. The Hall–Kier alpha value is -2.35. The van der Waals surface area contributed by atoms with Crippen molar-refractivity contribution >= 4 is 50.7 Å². The van der Waals surface area contributed by atoms with E-state index in [4.69, 9.17) is 9.72 Å². The van der Waals surface area contributed by atoms with Gasteiger partial charge < -0.3 is 14.5 Å². The van der Waals surface area contributed by atoms with E-state index < -0.39 is 0 Å². The molecule has 6 nitrogen and oxygen atoms in total. The van der Waals surface area contributed by atoms with Crippen LogP contribution in [0.5, 0.6) is 5.75 Å². The number of nitrogens with zero attached hydrogens (tertiary/aromatic N) is 4. The summed E-state index contributed by atoms with van der Waals surface area (Å²) in [6, 6.07) is 13.6. The maximum atomic E-state index is 13.4. The molecule has 0 saturated heterocycles. The number of hydrogen-bond donors (Lipinski definition) is 0. The third kappa shape index (κ3) is 6.09. The lowest BCUT2D eigenvalue weighted by Crippen LogP contribution is -2.33. The van der Waals surface area contributed by atoms with Crippen LogP contribution >= 0.6 is 23.7 Å². The number of aromatic nitrogens is 1. The Labute approximate surface area is 194 Å². The van der Waals surface area contributed by atoms with Crippen molar-refractivity contribution in [3.05, 3.63) is 48.0 Å². The molecule has 0 bridgehead atoms. The number of hydrogen-bond acceptors (Lipinski definition) is 6. The monoisotopic (exact) mass is 462 g/mol. The summed E-state index contributed by atoms with van der Waals surface area (Å²) >= 11 is 1.53. The number of carbonyl (C=O) groups excluding carboxylic acids is 1. The van der Waals surface area contributed by atoms with E-state index in [9.17, 15) is 4.79 Å². The highest BCUT2D eigenvalue weighted by molar-refractivity contribution is 7.22. The molecule has 0 aliphatic rings. The molecule has 0 aliphatic carbocycles. The van der Waals surface area contributed by atoms with Gasteiger partial charge in [0.2, 0.25) is 0 Å². The van der Waals surface area contributed by atoms with Gasteiger partial charge >= 0.3 is 0 Å². The number of benzene rings is 2. The van der Waals surface area contributed by atoms with E-state index in [2.05, 4.69) is 4.90 Å². The van der Waals surface area contributed by atoms with Gasteiger partial charge in [-0.25, -0.2) is 4.98 Å². The lowest BCUT2D eigenvalue weighted by Gasteiger charge is -2.21. The molecule has 3 aromatic rings. The van der Waals surface area contributed by atoms with E-state index in [1.807, 2.05) is 82.5 Å². The highest BCUT2D eigenvalue weighted by Crippen LogP contribution is 2.35. The molecule has 1 heterocycles. The van der Waals surface area contributed by atoms with Crippen molar-refractivity contribution < 1.29 is 9.53 Å². The van der Waals surface area contributed by atoms with Crippen molar-refractivity contribution in [3.63, 3.8) is 0 Å². The summed E-state index contributed by atoms with van der Waals surface area (Å²) in [5, 5.41) is 0.706. The van der Waals surface area contributed by atoms with Gasteiger partial charge in [0.25, 0.3) is 5.91 Å². The topological polar surface area (TPSA) is 48.9 Å². The first-order valence-electron chi connectivity index (χ1n) is 10.2. The highest BCUT2D eigenvalue weighted by Gasteiger charge is 2.22. The number of amides is 1. The summed E-state index contributed by atoms with van der Waals surface area (Å²) in [5.41, 5.74) is 2.54. The predicted molar refractivity (Wildman–Crippen MR) is 134 cm³/mol.